The van der Waals surface area contributed by atoms with Crippen molar-refractivity contribution in [2.24, 2.45) is 11.7 Å². The molecule has 0 amide bonds. The van der Waals surface area contributed by atoms with Crippen LogP contribution in [0.4, 0.5) is 0 Å². The number of aryl methyl sites for hydroxylation is 2. The third-order valence-electron chi connectivity index (χ3n) is 4.26. The van der Waals surface area contributed by atoms with E-state index in [0.29, 0.717) is 16.4 Å². The Labute approximate surface area is 125 Å². The molecular weight excluding hydrogens is 294 g/mol. The minimum Gasteiger partial charge on any atom is -0.329 e. The highest BCUT2D eigenvalue weighted by atomic mass is 32.2. The molecule has 114 valence electrons. The lowest BCUT2D eigenvalue weighted by molar-refractivity contribution is 0.191. The predicted molar refractivity (Wildman–Crippen MR) is 81.3 cm³/mol. The van der Waals surface area contributed by atoms with Gasteiger partial charge < -0.3 is 5.73 Å². The van der Waals surface area contributed by atoms with Crippen LogP contribution in [0.3, 0.4) is 0 Å². The lowest BCUT2D eigenvalue weighted by Gasteiger charge is -2.42. The van der Waals surface area contributed by atoms with Gasteiger partial charge in [0.15, 0.2) is 4.21 Å². The monoisotopic (exact) mass is 317 g/mol. The third kappa shape index (κ3) is 2.90. The van der Waals surface area contributed by atoms with Crippen molar-refractivity contribution in [3.05, 3.63) is 10.7 Å². The zero-order valence-corrected chi connectivity index (χ0v) is 13.9. The summed E-state index contributed by atoms with van der Waals surface area (Å²) in [6, 6.07) is 0. The van der Waals surface area contributed by atoms with Crippen LogP contribution in [0.1, 0.15) is 43.3 Å². The fourth-order valence-corrected chi connectivity index (χ4v) is 6.00. The van der Waals surface area contributed by atoms with E-state index in [1.807, 2.05) is 6.92 Å². The largest absolute Gasteiger partial charge is 0.329 e. The van der Waals surface area contributed by atoms with Crippen LogP contribution in [-0.4, -0.2) is 25.5 Å². The van der Waals surface area contributed by atoms with Gasteiger partial charge in [-0.05, 0) is 32.6 Å². The van der Waals surface area contributed by atoms with Gasteiger partial charge in [-0.15, -0.1) is 11.3 Å². The van der Waals surface area contributed by atoms with Crippen LogP contribution in [0.2, 0.25) is 0 Å². The van der Waals surface area contributed by atoms with Crippen LogP contribution in [0, 0.1) is 19.8 Å². The normalized spacial score (nSPS) is 27.7. The van der Waals surface area contributed by atoms with E-state index in [9.17, 15) is 8.42 Å². The molecule has 1 saturated carbocycles. The number of hydrogen-bond donors (Lipinski definition) is 2. The van der Waals surface area contributed by atoms with Crippen molar-refractivity contribution in [1.29, 1.82) is 0 Å². The quantitative estimate of drug-likeness (QED) is 0.889. The third-order valence-corrected chi connectivity index (χ3v) is 7.49. The molecule has 7 heteroatoms. The van der Waals surface area contributed by atoms with E-state index in [1.165, 1.54) is 11.3 Å². The Morgan fingerprint density at radius 2 is 2.15 bits per heavy atom. The van der Waals surface area contributed by atoms with E-state index in [2.05, 4.69) is 16.6 Å². The SMILES string of the molecule is Cc1nc(C)c(S(=O)(=O)NC2(CN)CCCCC2C)s1. The van der Waals surface area contributed by atoms with Crippen LogP contribution < -0.4 is 10.5 Å². The predicted octanol–water partition coefficient (Wildman–Crippen LogP) is 1.95. The van der Waals surface area contributed by atoms with Gasteiger partial charge in [0, 0.05) is 12.1 Å². The van der Waals surface area contributed by atoms with Gasteiger partial charge in [0.05, 0.1) is 10.7 Å². The minimum atomic E-state index is -3.55. The van der Waals surface area contributed by atoms with Gasteiger partial charge in [0.2, 0.25) is 0 Å². The van der Waals surface area contributed by atoms with Crippen molar-refractivity contribution in [1.82, 2.24) is 9.71 Å². The topological polar surface area (TPSA) is 85.1 Å². The summed E-state index contributed by atoms with van der Waals surface area (Å²) in [6.45, 7) is 5.97. The first kappa shape index (κ1) is 15.9. The van der Waals surface area contributed by atoms with Crippen molar-refractivity contribution in [2.75, 3.05) is 6.54 Å². The second-order valence-corrected chi connectivity index (χ2v) is 8.80. The second kappa shape index (κ2) is 5.71. The first-order valence-electron chi connectivity index (χ1n) is 6.99. The van der Waals surface area contributed by atoms with Gasteiger partial charge in [0.1, 0.15) is 0 Å². The molecule has 0 bridgehead atoms. The van der Waals surface area contributed by atoms with Gasteiger partial charge in [-0.3, -0.25) is 0 Å². The van der Waals surface area contributed by atoms with E-state index < -0.39 is 15.6 Å². The van der Waals surface area contributed by atoms with Gasteiger partial charge in [-0.1, -0.05) is 19.8 Å². The fourth-order valence-electron chi connectivity index (χ4n) is 2.99. The lowest BCUT2D eigenvalue weighted by Crippen LogP contribution is -2.58. The van der Waals surface area contributed by atoms with E-state index in [-0.39, 0.29) is 5.92 Å². The molecule has 1 heterocycles. The summed E-state index contributed by atoms with van der Waals surface area (Å²) in [5.41, 5.74) is 5.97. The van der Waals surface area contributed by atoms with E-state index in [1.54, 1.807) is 6.92 Å². The van der Waals surface area contributed by atoms with Crippen LogP contribution >= 0.6 is 11.3 Å². The van der Waals surface area contributed by atoms with Crippen LogP contribution in [0.15, 0.2) is 4.21 Å². The molecule has 5 nitrogen and oxygen atoms in total. The maximum atomic E-state index is 12.6. The molecule has 2 rings (SSSR count). The highest BCUT2D eigenvalue weighted by molar-refractivity contribution is 7.91. The van der Waals surface area contributed by atoms with E-state index in [0.717, 1.165) is 30.7 Å². The fraction of sp³-hybridized carbons (Fsp3) is 0.769. The number of aromatic nitrogens is 1. The molecule has 0 spiro atoms. The zero-order chi connectivity index (χ0) is 15.0. The maximum absolute atomic E-state index is 12.6. The van der Waals surface area contributed by atoms with Crippen molar-refractivity contribution in [3.8, 4) is 0 Å². The summed E-state index contributed by atoms with van der Waals surface area (Å²) in [5.74, 6) is 0.255. The first-order valence-corrected chi connectivity index (χ1v) is 9.29. The smallest absolute Gasteiger partial charge is 0.252 e. The molecule has 2 unspecified atom stereocenters. The van der Waals surface area contributed by atoms with Crippen molar-refractivity contribution in [3.63, 3.8) is 0 Å². The zero-order valence-electron chi connectivity index (χ0n) is 12.3. The van der Waals surface area contributed by atoms with Gasteiger partial charge in [0.25, 0.3) is 10.0 Å². The summed E-state index contributed by atoms with van der Waals surface area (Å²) in [4.78, 5) is 4.21. The minimum absolute atomic E-state index is 0.255. The molecule has 1 aromatic heterocycles. The second-order valence-electron chi connectivity index (χ2n) is 5.72. The van der Waals surface area contributed by atoms with Crippen LogP contribution in [0.25, 0.3) is 0 Å². The van der Waals surface area contributed by atoms with Crippen LogP contribution in [0.5, 0.6) is 0 Å². The summed E-state index contributed by atoms with van der Waals surface area (Å²) in [5, 5.41) is 0.765. The number of thiazole rings is 1. The lowest BCUT2D eigenvalue weighted by atomic mass is 9.74. The number of nitrogens with zero attached hydrogens (tertiary/aromatic N) is 1. The number of nitrogens with two attached hydrogens (primary N) is 1. The Morgan fingerprint density at radius 3 is 2.65 bits per heavy atom. The summed E-state index contributed by atoms with van der Waals surface area (Å²) < 4.78 is 28.5. The molecule has 1 aliphatic carbocycles. The molecule has 0 aliphatic heterocycles. The van der Waals surface area contributed by atoms with E-state index >= 15 is 0 Å². The Bertz CT molecular complexity index is 582. The van der Waals surface area contributed by atoms with Crippen molar-refractivity contribution in [2.45, 2.75) is 56.2 Å². The first-order chi connectivity index (χ1) is 9.31. The molecule has 20 heavy (non-hydrogen) atoms. The summed E-state index contributed by atoms with van der Waals surface area (Å²) in [6.07, 6.45) is 3.98. The van der Waals surface area contributed by atoms with Gasteiger partial charge >= 0.3 is 0 Å². The highest BCUT2D eigenvalue weighted by Gasteiger charge is 2.41. The molecule has 0 aromatic carbocycles. The van der Waals surface area contributed by atoms with Crippen molar-refractivity contribution >= 4 is 21.4 Å². The molecule has 1 aromatic rings. The number of sulfonamides is 1. The molecule has 3 N–H and O–H groups in total. The average molecular weight is 317 g/mol. The van der Waals surface area contributed by atoms with Crippen molar-refractivity contribution < 1.29 is 8.42 Å². The standard InChI is InChI=1S/C13H23N3O2S2/c1-9-6-4-5-7-13(9,8-14)16-20(17,18)12-10(2)15-11(3)19-12/h9,16H,4-8,14H2,1-3H3. The molecular formula is C13H23N3O2S2. The maximum Gasteiger partial charge on any atom is 0.252 e. The van der Waals surface area contributed by atoms with Gasteiger partial charge in [-0.2, -0.15) is 0 Å². The summed E-state index contributed by atoms with van der Waals surface area (Å²) in [7, 11) is -3.55. The Balaban J connectivity index is 2.33. The summed E-state index contributed by atoms with van der Waals surface area (Å²) >= 11 is 1.22. The molecule has 2 atom stereocenters. The number of hydrogen-bond acceptors (Lipinski definition) is 5. The number of nitrogens with one attached hydrogen (secondary N) is 1. The van der Waals surface area contributed by atoms with E-state index in [4.69, 9.17) is 5.73 Å². The van der Waals surface area contributed by atoms with Gasteiger partial charge in [-0.25, -0.2) is 18.1 Å². The number of rotatable bonds is 4. The molecule has 0 saturated heterocycles. The average Bonchev–Trinajstić information content (AvgIpc) is 2.72. The Morgan fingerprint density at radius 1 is 1.45 bits per heavy atom. The highest BCUT2D eigenvalue weighted by Crippen LogP contribution is 2.35. The molecule has 1 fully saturated rings. The molecule has 0 radical (unpaired) electrons. The van der Waals surface area contributed by atoms with Crippen LogP contribution in [-0.2, 0) is 10.0 Å². The Hall–Kier alpha value is -0.500. The molecule has 1 aliphatic rings. The Kier molecular flexibility index (Phi) is 4.53.